The minimum absolute atomic E-state index is 0.210. The molecule has 0 atom stereocenters. The zero-order chi connectivity index (χ0) is 26.4. The first kappa shape index (κ1) is 23.2. The van der Waals surface area contributed by atoms with Crippen LogP contribution in [0.25, 0.3) is 5.82 Å². The van der Waals surface area contributed by atoms with Crippen molar-refractivity contribution in [2.45, 2.75) is 13.8 Å². The number of aromatic amines is 1. The van der Waals surface area contributed by atoms with Gasteiger partial charge in [0.25, 0.3) is 5.91 Å². The van der Waals surface area contributed by atoms with Gasteiger partial charge in [-0.2, -0.15) is 5.10 Å². The monoisotopic (exact) mass is 501 g/mol. The number of hydrogen-bond acceptors (Lipinski definition) is 5. The summed E-state index contributed by atoms with van der Waals surface area (Å²) < 4.78 is 1.90. The Morgan fingerprint density at radius 2 is 1.34 bits per heavy atom. The van der Waals surface area contributed by atoms with Gasteiger partial charge in [-0.3, -0.25) is 19.5 Å². The average Bonchev–Trinajstić information content (AvgIpc) is 3.49. The molecule has 3 aromatic carbocycles. The Labute approximate surface area is 218 Å². The van der Waals surface area contributed by atoms with E-state index in [0.29, 0.717) is 39.6 Å². The van der Waals surface area contributed by atoms with Crippen LogP contribution in [0, 0.1) is 13.8 Å². The molecule has 0 saturated carbocycles. The molecule has 8 heteroatoms. The van der Waals surface area contributed by atoms with Crippen LogP contribution in [-0.4, -0.2) is 32.2 Å². The van der Waals surface area contributed by atoms with Crippen LogP contribution in [-0.2, 0) is 0 Å². The summed E-state index contributed by atoms with van der Waals surface area (Å²) in [6, 6.07) is 24.9. The minimum atomic E-state index is -0.422. The third-order valence-electron chi connectivity index (χ3n) is 6.68. The highest BCUT2D eigenvalue weighted by atomic mass is 16.2. The molecule has 0 bridgehead atoms. The number of aromatic nitrogens is 3. The highest BCUT2D eigenvalue weighted by Gasteiger charge is 2.30. The molecule has 0 radical (unpaired) electrons. The van der Waals surface area contributed by atoms with Gasteiger partial charge in [0.05, 0.1) is 0 Å². The molecule has 1 aliphatic rings. The van der Waals surface area contributed by atoms with Crippen LogP contribution in [0.4, 0.5) is 17.2 Å². The molecular weight excluding hydrogens is 478 g/mol. The Bertz CT molecular complexity index is 1730. The summed E-state index contributed by atoms with van der Waals surface area (Å²) >= 11 is 0. The van der Waals surface area contributed by atoms with Gasteiger partial charge in [-0.1, -0.05) is 42.5 Å². The molecular formula is C30H23N5O3. The van der Waals surface area contributed by atoms with Gasteiger partial charge in [0, 0.05) is 45.0 Å². The first-order valence-corrected chi connectivity index (χ1v) is 12.1. The molecule has 1 amide bonds. The smallest absolute Gasteiger partial charge is 0.263 e. The number of H-pyrrole nitrogens is 1. The van der Waals surface area contributed by atoms with Crippen molar-refractivity contribution in [2.75, 3.05) is 10.6 Å². The molecule has 0 fully saturated rings. The summed E-state index contributed by atoms with van der Waals surface area (Å²) in [6.07, 6.45) is 0. The lowest BCUT2D eigenvalue weighted by Gasteiger charge is -2.18. The third-order valence-corrected chi connectivity index (χ3v) is 6.68. The number of aryl methyl sites for hydroxylation is 2. The van der Waals surface area contributed by atoms with Gasteiger partial charge in [0.15, 0.2) is 17.4 Å². The third kappa shape index (κ3) is 3.79. The van der Waals surface area contributed by atoms with Crippen molar-refractivity contribution in [3.63, 3.8) is 0 Å². The predicted octanol–water partition coefficient (Wildman–Crippen LogP) is 5.59. The van der Waals surface area contributed by atoms with E-state index in [2.05, 4.69) is 20.8 Å². The number of nitrogens with zero attached hydrogens (tertiary/aromatic N) is 2. The first-order chi connectivity index (χ1) is 18.4. The van der Waals surface area contributed by atoms with E-state index in [1.165, 1.54) is 0 Å². The SMILES string of the molecule is Cc1ccc(C)n1-c1n[nH]c(Nc2ccccc2)c1C(=O)Nc1ccc2c(c1)C(=O)c1ccccc1C2=O. The van der Waals surface area contributed by atoms with E-state index in [4.69, 9.17) is 0 Å². The number of ketones is 2. The topological polar surface area (TPSA) is 109 Å². The zero-order valence-corrected chi connectivity index (χ0v) is 20.7. The zero-order valence-electron chi connectivity index (χ0n) is 20.7. The Hall–Kier alpha value is -5.24. The Balaban J connectivity index is 1.39. The van der Waals surface area contributed by atoms with Crippen LogP contribution >= 0.6 is 0 Å². The average molecular weight is 502 g/mol. The Kier molecular flexibility index (Phi) is 5.49. The van der Waals surface area contributed by atoms with Crippen LogP contribution in [0.15, 0.2) is 84.9 Å². The van der Waals surface area contributed by atoms with E-state index in [9.17, 15) is 14.4 Å². The van der Waals surface area contributed by atoms with Crippen molar-refractivity contribution in [2.24, 2.45) is 0 Å². The van der Waals surface area contributed by atoms with Crippen molar-refractivity contribution in [3.8, 4) is 5.82 Å². The Morgan fingerprint density at radius 1 is 0.737 bits per heavy atom. The molecule has 0 aliphatic heterocycles. The largest absolute Gasteiger partial charge is 0.340 e. The van der Waals surface area contributed by atoms with Crippen molar-refractivity contribution in [1.82, 2.24) is 14.8 Å². The quantitative estimate of drug-likeness (QED) is 0.285. The molecule has 1 aliphatic carbocycles. The van der Waals surface area contributed by atoms with Gasteiger partial charge in [0.1, 0.15) is 11.4 Å². The van der Waals surface area contributed by atoms with E-state index >= 15 is 0 Å². The van der Waals surface area contributed by atoms with Crippen LogP contribution < -0.4 is 10.6 Å². The number of rotatable bonds is 5. The highest BCUT2D eigenvalue weighted by Crippen LogP contribution is 2.31. The highest BCUT2D eigenvalue weighted by molar-refractivity contribution is 6.28. The number of carbonyl (C=O) groups excluding carboxylic acids is 3. The van der Waals surface area contributed by atoms with Crippen LogP contribution in [0.1, 0.15) is 53.6 Å². The molecule has 3 N–H and O–H groups in total. The molecule has 2 aromatic heterocycles. The summed E-state index contributed by atoms with van der Waals surface area (Å²) in [5, 5.41) is 13.6. The number of fused-ring (bicyclic) bond motifs is 2. The van der Waals surface area contributed by atoms with Crippen molar-refractivity contribution >= 4 is 34.7 Å². The molecule has 2 heterocycles. The summed E-state index contributed by atoms with van der Waals surface area (Å²) in [6.45, 7) is 3.88. The maximum absolute atomic E-state index is 13.8. The molecule has 186 valence electrons. The molecule has 5 aromatic rings. The standard InChI is InChI=1S/C30H23N5O3/c1-17-12-13-18(2)35(17)29-25(28(33-34-29)31-19-8-4-3-5-9-19)30(38)32-20-14-15-23-24(16-20)27(37)22-11-7-6-10-21(22)26(23)36/h3-16H,1-2H3,(H,32,38)(H2,31,33,34). The fourth-order valence-electron chi connectivity index (χ4n) is 4.84. The summed E-state index contributed by atoms with van der Waals surface area (Å²) in [7, 11) is 0. The van der Waals surface area contributed by atoms with E-state index in [0.717, 1.165) is 17.1 Å². The van der Waals surface area contributed by atoms with Crippen molar-refractivity contribution in [3.05, 3.63) is 124 Å². The maximum atomic E-state index is 13.8. The number of anilines is 3. The van der Waals surface area contributed by atoms with Crippen LogP contribution in [0.3, 0.4) is 0 Å². The molecule has 0 spiro atoms. The molecule has 0 saturated heterocycles. The predicted molar refractivity (Wildman–Crippen MR) is 145 cm³/mol. The maximum Gasteiger partial charge on any atom is 0.263 e. The van der Waals surface area contributed by atoms with Gasteiger partial charge >= 0.3 is 0 Å². The van der Waals surface area contributed by atoms with Crippen LogP contribution in [0.5, 0.6) is 0 Å². The van der Waals surface area contributed by atoms with Gasteiger partial charge in [-0.05, 0) is 56.3 Å². The summed E-state index contributed by atoms with van der Waals surface area (Å²) in [5.41, 5.74) is 4.66. The number of hydrogen-bond donors (Lipinski definition) is 3. The second-order valence-electron chi connectivity index (χ2n) is 9.16. The fraction of sp³-hybridized carbons (Fsp3) is 0.0667. The first-order valence-electron chi connectivity index (χ1n) is 12.1. The lowest BCUT2D eigenvalue weighted by Crippen LogP contribution is -2.22. The second kappa shape index (κ2) is 9.01. The van der Waals surface area contributed by atoms with E-state index < -0.39 is 5.91 Å². The van der Waals surface area contributed by atoms with E-state index in [-0.39, 0.29) is 17.1 Å². The normalized spacial score (nSPS) is 12.2. The lowest BCUT2D eigenvalue weighted by atomic mass is 9.84. The van der Waals surface area contributed by atoms with E-state index in [1.807, 2.05) is 60.9 Å². The second-order valence-corrected chi connectivity index (χ2v) is 9.16. The fourth-order valence-corrected chi connectivity index (χ4v) is 4.84. The van der Waals surface area contributed by atoms with Crippen LogP contribution in [0.2, 0.25) is 0 Å². The Morgan fingerprint density at radius 3 is 2.03 bits per heavy atom. The number of nitrogens with one attached hydrogen (secondary N) is 3. The number of benzene rings is 3. The van der Waals surface area contributed by atoms with E-state index in [1.54, 1.807) is 42.5 Å². The van der Waals surface area contributed by atoms with Crippen molar-refractivity contribution in [1.29, 1.82) is 0 Å². The molecule has 8 nitrogen and oxygen atoms in total. The van der Waals surface area contributed by atoms with Crippen molar-refractivity contribution < 1.29 is 14.4 Å². The number of carbonyl (C=O) groups is 3. The molecule has 38 heavy (non-hydrogen) atoms. The summed E-state index contributed by atoms with van der Waals surface area (Å²) in [4.78, 5) is 39.9. The minimum Gasteiger partial charge on any atom is -0.340 e. The summed E-state index contributed by atoms with van der Waals surface area (Å²) in [5.74, 6) is -0.0125. The van der Waals surface area contributed by atoms with Gasteiger partial charge in [0.2, 0.25) is 0 Å². The molecule has 6 rings (SSSR count). The van der Waals surface area contributed by atoms with Gasteiger partial charge in [-0.25, -0.2) is 0 Å². The number of para-hydroxylation sites is 1. The molecule has 0 unspecified atom stereocenters. The number of amides is 1. The lowest BCUT2D eigenvalue weighted by molar-refractivity contribution is 0.0979. The van der Waals surface area contributed by atoms with Gasteiger partial charge < -0.3 is 15.2 Å². The van der Waals surface area contributed by atoms with Gasteiger partial charge in [-0.15, -0.1) is 0 Å².